The molecule has 2 aromatic rings. The van der Waals surface area contributed by atoms with Gasteiger partial charge in [-0.1, -0.05) is 23.7 Å². The van der Waals surface area contributed by atoms with Crippen molar-refractivity contribution in [2.24, 2.45) is 0 Å². The number of hydrogen-bond donors (Lipinski definition) is 1. The molecule has 1 heterocycles. The topological polar surface area (TPSA) is 24.9 Å². The molecule has 0 fully saturated rings. The van der Waals surface area contributed by atoms with E-state index in [2.05, 4.69) is 17.2 Å². The maximum absolute atomic E-state index is 5.85. The van der Waals surface area contributed by atoms with Crippen molar-refractivity contribution in [3.8, 4) is 0 Å². The Bertz CT molecular complexity index is 439. The third kappa shape index (κ3) is 2.74. The highest BCUT2D eigenvalue weighted by Crippen LogP contribution is 2.20. The highest BCUT2D eigenvalue weighted by atomic mass is 35.5. The maximum Gasteiger partial charge on any atom is 0.0485 e. The molecule has 2 rings (SSSR count). The zero-order valence-electron chi connectivity index (χ0n) is 9.02. The van der Waals surface area contributed by atoms with Gasteiger partial charge in [-0.2, -0.15) is 0 Å². The minimum absolute atomic E-state index is 0.250. The third-order valence-corrected chi connectivity index (χ3v) is 2.69. The minimum atomic E-state index is 0.250. The fourth-order valence-electron chi connectivity index (χ4n) is 1.53. The van der Waals surface area contributed by atoms with Crippen LogP contribution in [0.4, 0.5) is 5.69 Å². The number of halogens is 1. The maximum atomic E-state index is 5.85. The van der Waals surface area contributed by atoms with Crippen molar-refractivity contribution in [2.45, 2.75) is 13.0 Å². The normalized spacial score (nSPS) is 12.1. The number of nitrogens with zero attached hydrogens (tertiary/aromatic N) is 1. The van der Waals surface area contributed by atoms with Crippen molar-refractivity contribution in [2.75, 3.05) is 5.32 Å². The predicted molar refractivity (Wildman–Crippen MR) is 67.7 cm³/mol. The van der Waals surface area contributed by atoms with Gasteiger partial charge in [-0.05, 0) is 36.8 Å². The molecular formula is C13H13ClN2. The van der Waals surface area contributed by atoms with Crippen LogP contribution in [0.15, 0.2) is 48.8 Å². The number of benzene rings is 1. The van der Waals surface area contributed by atoms with E-state index < -0.39 is 0 Å². The molecular weight excluding hydrogens is 220 g/mol. The summed E-state index contributed by atoms with van der Waals surface area (Å²) in [6, 6.07) is 12.0. The molecule has 0 saturated carbocycles. The van der Waals surface area contributed by atoms with E-state index >= 15 is 0 Å². The molecule has 1 N–H and O–H groups in total. The summed E-state index contributed by atoms with van der Waals surface area (Å²) in [4.78, 5) is 3.98. The van der Waals surface area contributed by atoms with Crippen LogP contribution in [0.25, 0.3) is 0 Å². The first-order valence-corrected chi connectivity index (χ1v) is 5.55. The first-order valence-electron chi connectivity index (χ1n) is 5.18. The molecule has 1 unspecified atom stereocenters. The van der Waals surface area contributed by atoms with Crippen LogP contribution in [0, 0.1) is 0 Å². The largest absolute Gasteiger partial charge is 0.378 e. The molecule has 1 aromatic heterocycles. The van der Waals surface area contributed by atoms with E-state index in [0.717, 1.165) is 10.7 Å². The van der Waals surface area contributed by atoms with Crippen LogP contribution in [0.5, 0.6) is 0 Å². The third-order valence-electron chi connectivity index (χ3n) is 2.43. The van der Waals surface area contributed by atoms with E-state index in [1.807, 2.05) is 36.4 Å². The fourth-order valence-corrected chi connectivity index (χ4v) is 1.66. The molecule has 1 aromatic carbocycles. The van der Waals surface area contributed by atoms with Crippen LogP contribution in [-0.4, -0.2) is 4.98 Å². The fraction of sp³-hybridized carbons (Fsp3) is 0.154. The molecule has 0 aliphatic rings. The van der Waals surface area contributed by atoms with Gasteiger partial charge in [0.2, 0.25) is 0 Å². The second-order valence-corrected chi connectivity index (χ2v) is 4.09. The zero-order valence-corrected chi connectivity index (χ0v) is 9.78. The first-order chi connectivity index (χ1) is 7.75. The van der Waals surface area contributed by atoms with E-state index in [9.17, 15) is 0 Å². The van der Waals surface area contributed by atoms with Gasteiger partial charge in [-0.25, -0.2) is 0 Å². The minimum Gasteiger partial charge on any atom is -0.378 e. The van der Waals surface area contributed by atoms with Crippen LogP contribution in [0.3, 0.4) is 0 Å². The molecule has 0 saturated heterocycles. The Labute approximate surface area is 100 Å². The van der Waals surface area contributed by atoms with Gasteiger partial charge >= 0.3 is 0 Å². The van der Waals surface area contributed by atoms with Crippen molar-refractivity contribution in [1.29, 1.82) is 0 Å². The van der Waals surface area contributed by atoms with Gasteiger partial charge in [-0.3, -0.25) is 4.98 Å². The van der Waals surface area contributed by atoms with Gasteiger partial charge in [0.15, 0.2) is 0 Å². The van der Waals surface area contributed by atoms with Crippen LogP contribution in [0.1, 0.15) is 18.5 Å². The molecule has 0 spiro atoms. The molecule has 0 amide bonds. The summed E-state index contributed by atoms with van der Waals surface area (Å²) in [6.07, 6.45) is 3.55. The van der Waals surface area contributed by atoms with Crippen LogP contribution >= 0.6 is 11.6 Å². The average molecular weight is 233 g/mol. The summed E-state index contributed by atoms with van der Waals surface area (Å²) >= 11 is 5.85. The molecule has 16 heavy (non-hydrogen) atoms. The van der Waals surface area contributed by atoms with Crippen LogP contribution in [0.2, 0.25) is 5.02 Å². The Morgan fingerprint density at radius 3 is 2.31 bits per heavy atom. The zero-order chi connectivity index (χ0) is 11.4. The summed E-state index contributed by atoms with van der Waals surface area (Å²) in [7, 11) is 0. The Hall–Kier alpha value is -1.54. The quantitative estimate of drug-likeness (QED) is 0.868. The predicted octanol–water partition coefficient (Wildman–Crippen LogP) is 3.91. The highest BCUT2D eigenvalue weighted by Gasteiger charge is 2.04. The Morgan fingerprint density at radius 1 is 1.06 bits per heavy atom. The van der Waals surface area contributed by atoms with Crippen molar-refractivity contribution >= 4 is 17.3 Å². The number of pyridine rings is 1. The SMILES string of the molecule is CC(Nc1ccncc1)c1ccc(Cl)cc1. The lowest BCUT2D eigenvalue weighted by atomic mass is 10.1. The molecule has 82 valence electrons. The average Bonchev–Trinajstić information content (AvgIpc) is 2.31. The lowest BCUT2D eigenvalue weighted by molar-refractivity contribution is 0.884. The van der Waals surface area contributed by atoms with Gasteiger partial charge in [0.25, 0.3) is 0 Å². The van der Waals surface area contributed by atoms with Crippen molar-refractivity contribution in [3.05, 3.63) is 59.4 Å². The summed E-state index contributed by atoms with van der Waals surface area (Å²) in [5.74, 6) is 0. The van der Waals surface area contributed by atoms with Crippen LogP contribution in [-0.2, 0) is 0 Å². The van der Waals surface area contributed by atoms with E-state index in [1.54, 1.807) is 12.4 Å². The number of anilines is 1. The van der Waals surface area contributed by atoms with E-state index in [-0.39, 0.29) is 6.04 Å². The van der Waals surface area contributed by atoms with Crippen LogP contribution < -0.4 is 5.32 Å². The van der Waals surface area contributed by atoms with Gasteiger partial charge in [0, 0.05) is 29.1 Å². The van der Waals surface area contributed by atoms with E-state index in [0.29, 0.717) is 0 Å². The lowest BCUT2D eigenvalue weighted by Gasteiger charge is -2.15. The summed E-state index contributed by atoms with van der Waals surface area (Å²) in [5.41, 5.74) is 2.28. The number of nitrogens with one attached hydrogen (secondary N) is 1. The number of hydrogen-bond acceptors (Lipinski definition) is 2. The van der Waals surface area contributed by atoms with Gasteiger partial charge < -0.3 is 5.32 Å². The molecule has 2 nitrogen and oxygen atoms in total. The smallest absolute Gasteiger partial charge is 0.0485 e. The monoisotopic (exact) mass is 232 g/mol. The van der Waals surface area contributed by atoms with Gasteiger partial charge in [-0.15, -0.1) is 0 Å². The second-order valence-electron chi connectivity index (χ2n) is 3.65. The van der Waals surface area contributed by atoms with Crippen molar-refractivity contribution in [3.63, 3.8) is 0 Å². The molecule has 0 aliphatic carbocycles. The highest BCUT2D eigenvalue weighted by molar-refractivity contribution is 6.30. The number of rotatable bonds is 3. The standard InChI is InChI=1S/C13H13ClN2/c1-10(11-2-4-12(14)5-3-11)16-13-6-8-15-9-7-13/h2-10H,1H3,(H,15,16). The van der Waals surface area contributed by atoms with Crippen molar-refractivity contribution in [1.82, 2.24) is 4.98 Å². The molecule has 3 heteroatoms. The Morgan fingerprint density at radius 2 is 1.69 bits per heavy atom. The molecule has 1 atom stereocenters. The molecule has 0 bridgehead atoms. The summed E-state index contributed by atoms with van der Waals surface area (Å²) < 4.78 is 0. The number of aromatic nitrogens is 1. The Balaban J connectivity index is 2.09. The first kappa shape index (κ1) is 11.0. The molecule has 0 aliphatic heterocycles. The van der Waals surface area contributed by atoms with Gasteiger partial charge in [0.05, 0.1) is 0 Å². The van der Waals surface area contributed by atoms with Crippen molar-refractivity contribution < 1.29 is 0 Å². The summed E-state index contributed by atoms with van der Waals surface area (Å²) in [5, 5.41) is 4.16. The molecule has 0 radical (unpaired) electrons. The second kappa shape index (κ2) is 4.99. The van der Waals surface area contributed by atoms with Gasteiger partial charge in [0.1, 0.15) is 0 Å². The lowest BCUT2D eigenvalue weighted by Crippen LogP contribution is -2.06. The van der Waals surface area contributed by atoms with E-state index in [4.69, 9.17) is 11.6 Å². The van der Waals surface area contributed by atoms with E-state index in [1.165, 1.54) is 5.56 Å². The summed E-state index contributed by atoms with van der Waals surface area (Å²) in [6.45, 7) is 2.11. The Kier molecular flexibility index (Phi) is 3.42.